The van der Waals surface area contributed by atoms with E-state index >= 15 is 0 Å². The van der Waals surface area contributed by atoms with Crippen molar-refractivity contribution in [3.05, 3.63) is 35.4 Å². The van der Waals surface area contributed by atoms with Gasteiger partial charge in [0, 0.05) is 6.54 Å². The van der Waals surface area contributed by atoms with Crippen LogP contribution < -0.4 is 5.32 Å². The number of carbonyl (C=O) groups excluding carboxylic acids is 1. The molecule has 0 spiro atoms. The summed E-state index contributed by atoms with van der Waals surface area (Å²) in [5.41, 5.74) is -1.64. The third-order valence-electron chi connectivity index (χ3n) is 3.20. The van der Waals surface area contributed by atoms with Crippen LogP contribution in [0.4, 0.5) is 8.78 Å². The number of aliphatic hydroxyl groups is 1. The summed E-state index contributed by atoms with van der Waals surface area (Å²) in [5, 5.41) is 12.8. The first-order valence-corrected chi connectivity index (χ1v) is 6.88. The third kappa shape index (κ3) is 4.27. The summed E-state index contributed by atoms with van der Waals surface area (Å²) in [6, 6.07) is 3.26. The summed E-state index contributed by atoms with van der Waals surface area (Å²) in [6.45, 7) is 3.85. The molecule has 0 radical (unpaired) electrons. The zero-order valence-electron chi connectivity index (χ0n) is 11.9. The van der Waals surface area contributed by atoms with E-state index in [0.29, 0.717) is 12.8 Å². The molecule has 0 saturated carbocycles. The first-order valence-electron chi connectivity index (χ1n) is 6.88. The second-order valence-electron chi connectivity index (χ2n) is 5.00. The van der Waals surface area contributed by atoms with Crippen molar-refractivity contribution in [3.63, 3.8) is 0 Å². The maximum Gasteiger partial charge on any atom is 0.257 e. The molecule has 2 N–H and O–H groups in total. The molecule has 1 amide bonds. The largest absolute Gasteiger partial charge is 0.388 e. The molecule has 0 fully saturated rings. The Morgan fingerprint density at radius 1 is 1.20 bits per heavy atom. The van der Waals surface area contributed by atoms with E-state index in [1.165, 1.54) is 6.07 Å². The Hall–Kier alpha value is -1.49. The first kappa shape index (κ1) is 16.6. The van der Waals surface area contributed by atoms with Gasteiger partial charge in [-0.3, -0.25) is 4.79 Å². The maximum atomic E-state index is 13.5. The monoisotopic (exact) mass is 285 g/mol. The minimum Gasteiger partial charge on any atom is -0.388 e. The number of hydrogen-bond donors (Lipinski definition) is 2. The van der Waals surface area contributed by atoms with Gasteiger partial charge >= 0.3 is 0 Å². The van der Waals surface area contributed by atoms with E-state index in [4.69, 9.17) is 0 Å². The van der Waals surface area contributed by atoms with E-state index in [1.807, 2.05) is 13.8 Å². The summed E-state index contributed by atoms with van der Waals surface area (Å²) in [5.74, 6) is -2.65. The lowest BCUT2D eigenvalue weighted by Gasteiger charge is -2.27. The fourth-order valence-electron chi connectivity index (χ4n) is 2.28. The Morgan fingerprint density at radius 3 is 2.15 bits per heavy atom. The molecule has 1 aromatic carbocycles. The highest BCUT2D eigenvalue weighted by molar-refractivity contribution is 5.94. The summed E-state index contributed by atoms with van der Waals surface area (Å²) >= 11 is 0. The van der Waals surface area contributed by atoms with Crippen molar-refractivity contribution < 1.29 is 18.7 Å². The molecule has 0 atom stereocenters. The normalized spacial score (nSPS) is 11.4. The van der Waals surface area contributed by atoms with Crippen LogP contribution in [-0.4, -0.2) is 23.2 Å². The molecule has 3 nitrogen and oxygen atoms in total. The van der Waals surface area contributed by atoms with Crippen LogP contribution in [0.1, 0.15) is 49.9 Å². The minimum atomic E-state index is -1.03. The lowest BCUT2D eigenvalue weighted by molar-refractivity contribution is 0.0212. The number of amides is 1. The standard InChI is InChI=1S/C15H21F2NO2/c1-3-8-15(20,9-4-2)10-18-14(19)13-11(16)6-5-7-12(13)17/h5-7,20H,3-4,8-10H2,1-2H3,(H,18,19). The van der Waals surface area contributed by atoms with Crippen LogP contribution >= 0.6 is 0 Å². The molecule has 1 rings (SSSR count). The predicted molar refractivity (Wildman–Crippen MR) is 73.5 cm³/mol. The zero-order valence-corrected chi connectivity index (χ0v) is 11.9. The zero-order chi connectivity index (χ0) is 15.2. The summed E-state index contributed by atoms with van der Waals surface area (Å²) < 4.78 is 26.9. The number of halogens is 2. The number of rotatable bonds is 7. The Kier molecular flexibility index (Phi) is 6.07. The van der Waals surface area contributed by atoms with Crippen molar-refractivity contribution >= 4 is 5.91 Å². The van der Waals surface area contributed by atoms with Gasteiger partial charge in [0.25, 0.3) is 5.91 Å². The lowest BCUT2D eigenvalue weighted by Crippen LogP contribution is -2.43. The molecule has 0 saturated heterocycles. The van der Waals surface area contributed by atoms with Crippen LogP contribution in [0.3, 0.4) is 0 Å². The average Bonchev–Trinajstić information content (AvgIpc) is 2.37. The van der Waals surface area contributed by atoms with E-state index in [2.05, 4.69) is 5.32 Å². The van der Waals surface area contributed by atoms with Crippen molar-refractivity contribution in [1.29, 1.82) is 0 Å². The number of benzene rings is 1. The van der Waals surface area contributed by atoms with Gasteiger partial charge < -0.3 is 10.4 Å². The molecule has 0 aliphatic heterocycles. The first-order chi connectivity index (χ1) is 9.43. The van der Waals surface area contributed by atoms with Gasteiger partial charge in [0.2, 0.25) is 0 Å². The molecule has 5 heteroatoms. The lowest BCUT2D eigenvalue weighted by atomic mass is 9.92. The average molecular weight is 285 g/mol. The van der Waals surface area contributed by atoms with Crippen LogP contribution in [-0.2, 0) is 0 Å². The van der Waals surface area contributed by atoms with Gasteiger partial charge in [0.1, 0.15) is 17.2 Å². The van der Waals surface area contributed by atoms with Gasteiger partial charge in [0.15, 0.2) is 0 Å². The summed E-state index contributed by atoms with van der Waals surface area (Å²) in [7, 11) is 0. The fourth-order valence-corrected chi connectivity index (χ4v) is 2.28. The molecule has 0 aromatic heterocycles. The highest BCUT2D eigenvalue weighted by atomic mass is 19.1. The van der Waals surface area contributed by atoms with Crippen LogP contribution in [0.5, 0.6) is 0 Å². The SMILES string of the molecule is CCCC(O)(CCC)CNC(=O)c1c(F)cccc1F. The number of carbonyl (C=O) groups is 1. The Morgan fingerprint density at radius 2 is 1.70 bits per heavy atom. The van der Waals surface area contributed by atoms with E-state index in [0.717, 1.165) is 25.0 Å². The Bertz CT molecular complexity index is 437. The number of nitrogens with one attached hydrogen (secondary N) is 1. The van der Waals surface area contributed by atoms with Gasteiger partial charge in [-0.2, -0.15) is 0 Å². The highest BCUT2D eigenvalue weighted by Crippen LogP contribution is 2.19. The summed E-state index contributed by atoms with van der Waals surface area (Å²) in [6.07, 6.45) is 2.59. The van der Waals surface area contributed by atoms with Crippen LogP contribution in [0, 0.1) is 11.6 Å². The fraction of sp³-hybridized carbons (Fsp3) is 0.533. The van der Waals surface area contributed by atoms with Gasteiger partial charge in [-0.1, -0.05) is 32.8 Å². The van der Waals surface area contributed by atoms with Gasteiger partial charge in [-0.15, -0.1) is 0 Å². The van der Waals surface area contributed by atoms with E-state index in [9.17, 15) is 18.7 Å². The molecule has 0 bridgehead atoms. The third-order valence-corrected chi connectivity index (χ3v) is 3.20. The quantitative estimate of drug-likeness (QED) is 0.809. The second-order valence-corrected chi connectivity index (χ2v) is 5.00. The molecule has 0 heterocycles. The molecular formula is C15H21F2NO2. The van der Waals surface area contributed by atoms with Crippen molar-refractivity contribution in [2.75, 3.05) is 6.54 Å². The molecule has 0 aliphatic carbocycles. The smallest absolute Gasteiger partial charge is 0.257 e. The van der Waals surface area contributed by atoms with Gasteiger partial charge in [-0.05, 0) is 25.0 Å². The minimum absolute atomic E-state index is 0.0126. The van der Waals surface area contributed by atoms with E-state index < -0.39 is 28.7 Å². The van der Waals surface area contributed by atoms with Crippen molar-refractivity contribution in [2.24, 2.45) is 0 Å². The number of hydrogen-bond acceptors (Lipinski definition) is 2. The molecule has 112 valence electrons. The summed E-state index contributed by atoms with van der Waals surface area (Å²) in [4.78, 5) is 11.8. The van der Waals surface area contributed by atoms with Crippen molar-refractivity contribution in [3.8, 4) is 0 Å². The Balaban J connectivity index is 2.75. The predicted octanol–water partition coefficient (Wildman–Crippen LogP) is 3.03. The molecule has 0 aliphatic rings. The van der Waals surface area contributed by atoms with Gasteiger partial charge in [0.05, 0.1) is 5.60 Å². The van der Waals surface area contributed by atoms with Crippen molar-refractivity contribution in [1.82, 2.24) is 5.32 Å². The van der Waals surface area contributed by atoms with E-state index in [1.54, 1.807) is 0 Å². The van der Waals surface area contributed by atoms with Crippen molar-refractivity contribution in [2.45, 2.75) is 45.1 Å². The van der Waals surface area contributed by atoms with Crippen LogP contribution in [0.25, 0.3) is 0 Å². The molecule has 1 aromatic rings. The Labute approximate surface area is 118 Å². The van der Waals surface area contributed by atoms with Crippen LogP contribution in [0.15, 0.2) is 18.2 Å². The molecule has 20 heavy (non-hydrogen) atoms. The van der Waals surface area contributed by atoms with Crippen LogP contribution in [0.2, 0.25) is 0 Å². The van der Waals surface area contributed by atoms with E-state index in [-0.39, 0.29) is 6.54 Å². The highest BCUT2D eigenvalue weighted by Gasteiger charge is 2.26. The molecular weight excluding hydrogens is 264 g/mol. The maximum absolute atomic E-state index is 13.5. The second kappa shape index (κ2) is 7.33. The topological polar surface area (TPSA) is 49.3 Å². The molecule has 0 unspecified atom stereocenters. The van der Waals surface area contributed by atoms with Gasteiger partial charge in [-0.25, -0.2) is 8.78 Å².